The molecule has 0 unspecified atom stereocenters. The molecule has 2 heterocycles. The van der Waals surface area contributed by atoms with Crippen LogP contribution in [-0.4, -0.2) is 59.5 Å². The topological polar surface area (TPSA) is 49.9 Å². The van der Waals surface area contributed by atoms with Crippen LogP contribution in [0.1, 0.15) is 43.1 Å². The number of nitrogens with zero attached hydrogens (tertiary/aromatic N) is 2. The summed E-state index contributed by atoms with van der Waals surface area (Å²) >= 11 is 0. The number of amides is 1. The summed E-state index contributed by atoms with van der Waals surface area (Å²) in [6.07, 6.45) is 5.61. The molecule has 2 aromatic carbocycles. The van der Waals surface area contributed by atoms with Crippen LogP contribution in [0.15, 0.2) is 72.8 Å². The van der Waals surface area contributed by atoms with Crippen molar-refractivity contribution >= 4 is 11.9 Å². The number of benzene rings is 2. The maximum absolute atomic E-state index is 13.8. The standard InChI is InChI=1S/C28H34N2O3/c1-27(2,3)33-26(32)30-18-10-16-28(21-30)17-20-29(19-15-22-11-6-4-7-12-22)25(28)24(31)23-13-8-5-9-14-23/h4-14,16,25H,15,17-21H2,1-3H3/t25-,28+/m0/s1. The zero-order chi connectivity index (χ0) is 23.5. The molecule has 2 atom stereocenters. The molecule has 1 saturated heterocycles. The van der Waals surface area contributed by atoms with Gasteiger partial charge in [0.25, 0.3) is 0 Å². The lowest BCUT2D eigenvalue weighted by Crippen LogP contribution is -2.53. The number of carbonyl (C=O) groups is 2. The highest BCUT2D eigenvalue weighted by molar-refractivity contribution is 6.01. The molecule has 0 radical (unpaired) electrons. The van der Waals surface area contributed by atoms with Gasteiger partial charge in [-0.1, -0.05) is 72.8 Å². The molecule has 0 saturated carbocycles. The molecule has 0 aromatic heterocycles. The zero-order valence-corrected chi connectivity index (χ0v) is 19.9. The van der Waals surface area contributed by atoms with Gasteiger partial charge in [0.15, 0.2) is 5.78 Å². The Morgan fingerprint density at radius 1 is 1.03 bits per heavy atom. The number of carbonyl (C=O) groups excluding carboxylic acids is 2. The van der Waals surface area contributed by atoms with Crippen molar-refractivity contribution < 1.29 is 14.3 Å². The van der Waals surface area contributed by atoms with Crippen LogP contribution in [0.5, 0.6) is 0 Å². The molecule has 0 aliphatic carbocycles. The molecular weight excluding hydrogens is 412 g/mol. The van der Waals surface area contributed by atoms with E-state index in [9.17, 15) is 9.59 Å². The number of rotatable bonds is 5. The highest BCUT2D eigenvalue weighted by Crippen LogP contribution is 2.43. The maximum atomic E-state index is 13.8. The van der Waals surface area contributed by atoms with Crippen LogP contribution in [0.3, 0.4) is 0 Å². The number of likely N-dealkylation sites (tertiary alicyclic amines) is 1. The molecule has 1 amide bonds. The Morgan fingerprint density at radius 3 is 2.36 bits per heavy atom. The van der Waals surface area contributed by atoms with Gasteiger partial charge in [0.2, 0.25) is 0 Å². The first-order valence-electron chi connectivity index (χ1n) is 11.8. The molecule has 5 nitrogen and oxygen atoms in total. The molecule has 33 heavy (non-hydrogen) atoms. The van der Waals surface area contributed by atoms with Crippen LogP contribution >= 0.6 is 0 Å². The monoisotopic (exact) mass is 446 g/mol. The lowest BCUT2D eigenvalue weighted by atomic mass is 9.75. The molecule has 5 heteroatoms. The third-order valence-electron chi connectivity index (χ3n) is 6.52. The second-order valence-corrected chi connectivity index (χ2v) is 10.2. The predicted octanol–water partition coefficient (Wildman–Crippen LogP) is 4.98. The fourth-order valence-electron chi connectivity index (χ4n) is 5.02. The lowest BCUT2D eigenvalue weighted by molar-refractivity contribution is 0.0164. The summed E-state index contributed by atoms with van der Waals surface area (Å²) in [6.45, 7) is 8.25. The molecule has 0 bridgehead atoms. The van der Waals surface area contributed by atoms with E-state index in [2.05, 4.69) is 35.2 Å². The fourth-order valence-corrected chi connectivity index (χ4v) is 5.02. The van der Waals surface area contributed by atoms with Crippen molar-refractivity contribution in [3.63, 3.8) is 0 Å². The van der Waals surface area contributed by atoms with Crippen molar-refractivity contribution in [2.75, 3.05) is 26.2 Å². The van der Waals surface area contributed by atoms with Crippen molar-refractivity contribution in [2.24, 2.45) is 5.41 Å². The molecule has 2 aliphatic rings. The van der Waals surface area contributed by atoms with Gasteiger partial charge in [-0.15, -0.1) is 0 Å². The molecule has 1 spiro atoms. The molecule has 4 rings (SSSR count). The van der Waals surface area contributed by atoms with Crippen LogP contribution in [0, 0.1) is 5.41 Å². The van der Waals surface area contributed by atoms with Crippen LogP contribution in [0.25, 0.3) is 0 Å². The first kappa shape index (κ1) is 23.2. The van der Waals surface area contributed by atoms with E-state index >= 15 is 0 Å². The Balaban J connectivity index is 1.60. The van der Waals surface area contributed by atoms with Crippen molar-refractivity contribution in [3.05, 3.63) is 83.9 Å². The Hall–Kier alpha value is -2.92. The van der Waals surface area contributed by atoms with E-state index in [-0.39, 0.29) is 17.9 Å². The van der Waals surface area contributed by atoms with Gasteiger partial charge in [0.1, 0.15) is 5.60 Å². The SMILES string of the molecule is CC(C)(C)OC(=O)N1CC=C[C@@]2(CCN(CCc3ccccc3)[C@H]2C(=O)c2ccccc2)C1. The first-order chi connectivity index (χ1) is 15.8. The summed E-state index contributed by atoms with van der Waals surface area (Å²) in [6, 6.07) is 19.6. The fraction of sp³-hybridized carbons (Fsp3) is 0.429. The van der Waals surface area contributed by atoms with Gasteiger partial charge in [-0.05, 0) is 45.7 Å². The molecule has 2 aliphatic heterocycles. The quantitative estimate of drug-likeness (QED) is 0.480. The highest BCUT2D eigenvalue weighted by Gasteiger charge is 2.51. The van der Waals surface area contributed by atoms with Gasteiger partial charge < -0.3 is 9.64 Å². The largest absolute Gasteiger partial charge is 0.444 e. The molecule has 1 fully saturated rings. The van der Waals surface area contributed by atoms with Gasteiger partial charge in [-0.25, -0.2) is 4.79 Å². The Morgan fingerprint density at radius 2 is 1.70 bits per heavy atom. The second-order valence-electron chi connectivity index (χ2n) is 10.2. The van der Waals surface area contributed by atoms with Crippen LogP contribution in [0.4, 0.5) is 4.79 Å². The van der Waals surface area contributed by atoms with E-state index in [0.29, 0.717) is 13.1 Å². The predicted molar refractivity (Wildman–Crippen MR) is 130 cm³/mol. The van der Waals surface area contributed by atoms with Gasteiger partial charge in [0, 0.05) is 30.6 Å². The average Bonchev–Trinajstić information content (AvgIpc) is 3.14. The molecule has 0 N–H and O–H groups in total. The van der Waals surface area contributed by atoms with E-state index in [1.165, 1.54) is 5.56 Å². The van der Waals surface area contributed by atoms with Gasteiger partial charge in [0.05, 0.1) is 6.04 Å². The first-order valence-corrected chi connectivity index (χ1v) is 11.8. The third-order valence-corrected chi connectivity index (χ3v) is 6.52. The molecule has 174 valence electrons. The van der Waals surface area contributed by atoms with Crippen LogP contribution in [-0.2, 0) is 11.2 Å². The van der Waals surface area contributed by atoms with E-state index in [4.69, 9.17) is 4.74 Å². The van der Waals surface area contributed by atoms with Crippen LogP contribution in [0.2, 0.25) is 0 Å². The minimum atomic E-state index is -0.554. The van der Waals surface area contributed by atoms with Gasteiger partial charge >= 0.3 is 6.09 Å². The average molecular weight is 447 g/mol. The Labute approximate surface area is 197 Å². The zero-order valence-electron chi connectivity index (χ0n) is 19.9. The summed E-state index contributed by atoms with van der Waals surface area (Å²) in [5.74, 6) is 0.122. The van der Waals surface area contributed by atoms with E-state index in [1.807, 2.05) is 63.2 Å². The molecule has 2 aromatic rings. The van der Waals surface area contributed by atoms with Gasteiger partial charge in [-0.3, -0.25) is 9.69 Å². The van der Waals surface area contributed by atoms with Gasteiger partial charge in [-0.2, -0.15) is 0 Å². The van der Waals surface area contributed by atoms with E-state index in [0.717, 1.165) is 31.5 Å². The summed E-state index contributed by atoms with van der Waals surface area (Å²) in [5.41, 5.74) is 1.01. The maximum Gasteiger partial charge on any atom is 0.410 e. The minimum absolute atomic E-state index is 0.122. The Bertz CT molecular complexity index is 997. The normalized spacial score (nSPS) is 23.1. The van der Waals surface area contributed by atoms with Crippen molar-refractivity contribution in [1.82, 2.24) is 9.80 Å². The number of ether oxygens (including phenoxy) is 1. The number of Topliss-reactive ketones (excluding diaryl/α,β-unsaturated/α-hetero) is 1. The summed E-state index contributed by atoms with van der Waals surface area (Å²) in [7, 11) is 0. The van der Waals surface area contributed by atoms with Crippen molar-refractivity contribution in [3.8, 4) is 0 Å². The number of hydrogen-bond acceptors (Lipinski definition) is 4. The van der Waals surface area contributed by atoms with E-state index < -0.39 is 11.0 Å². The third kappa shape index (κ3) is 5.36. The Kier molecular flexibility index (Phi) is 6.71. The summed E-state index contributed by atoms with van der Waals surface area (Å²) in [4.78, 5) is 30.8. The number of ketones is 1. The number of hydrogen-bond donors (Lipinski definition) is 0. The van der Waals surface area contributed by atoms with Crippen molar-refractivity contribution in [2.45, 2.75) is 45.3 Å². The molecular formula is C28H34N2O3. The lowest BCUT2D eigenvalue weighted by Gasteiger charge is -2.41. The summed E-state index contributed by atoms with van der Waals surface area (Å²) in [5, 5.41) is 0. The van der Waals surface area contributed by atoms with Crippen LogP contribution < -0.4 is 0 Å². The second kappa shape index (κ2) is 9.52. The summed E-state index contributed by atoms with van der Waals surface area (Å²) < 4.78 is 5.65. The van der Waals surface area contributed by atoms with E-state index in [1.54, 1.807) is 4.90 Å². The minimum Gasteiger partial charge on any atom is -0.444 e. The smallest absolute Gasteiger partial charge is 0.410 e. The van der Waals surface area contributed by atoms with Crippen molar-refractivity contribution in [1.29, 1.82) is 0 Å². The highest BCUT2D eigenvalue weighted by atomic mass is 16.6.